The lowest BCUT2D eigenvalue weighted by Crippen LogP contribution is -2.17. The van der Waals surface area contributed by atoms with Crippen LogP contribution in [0.25, 0.3) is 0 Å². The summed E-state index contributed by atoms with van der Waals surface area (Å²) in [6.45, 7) is 2.21. The molecule has 0 aliphatic heterocycles. The summed E-state index contributed by atoms with van der Waals surface area (Å²) in [5.41, 5.74) is 6.28. The zero-order chi connectivity index (χ0) is 9.97. The predicted molar refractivity (Wildman–Crippen MR) is 62.6 cm³/mol. The smallest absolute Gasteiger partial charge is 0.0418 e. The molecule has 1 fully saturated rings. The molecule has 14 heavy (non-hydrogen) atoms. The molecule has 1 aliphatic carbocycles. The molecule has 1 nitrogen and oxygen atoms in total. The monoisotopic (exact) mass is 209 g/mol. The van der Waals surface area contributed by atoms with Crippen molar-refractivity contribution in [2.24, 2.45) is 11.7 Å². The molecular weight excluding hydrogens is 190 g/mol. The molecule has 0 unspecified atom stereocenters. The van der Waals surface area contributed by atoms with E-state index < -0.39 is 0 Å². The minimum Gasteiger partial charge on any atom is -0.323 e. The van der Waals surface area contributed by atoms with E-state index in [2.05, 4.69) is 19.1 Å². The standard InChI is InChI=1S/C12H19NS/c1-2-10-7-8-11(14-10)12(13)9-5-3-4-6-9/h7-9,12H,2-6,13H2,1H3/t12-/m0/s1. The normalized spacial score (nSPS) is 20.1. The number of hydrogen-bond donors (Lipinski definition) is 1. The Labute approximate surface area is 90.3 Å². The molecule has 1 aromatic heterocycles. The summed E-state index contributed by atoms with van der Waals surface area (Å²) >= 11 is 1.90. The van der Waals surface area contributed by atoms with Gasteiger partial charge >= 0.3 is 0 Å². The Morgan fingerprint density at radius 3 is 2.71 bits per heavy atom. The molecule has 1 saturated carbocycles. The molecule has 0 radical (unpaired) electrons. The summed E-state index contributed by atoms with van der Waals surface area (Å²) in [5, 5.41) is 0. The summed E-state index contributed by atoms with van der Waals surface area (Å²) in [5.74, 6) is 0.748. The SMILES string of the molecule is CCc1ccc([C@@H](N)C2CCCC2)s1. The molecule has 0 aromatic carbocycles. The molecule has 0 spiro atoms. The van der Waals surface area contributed by atoms with Crippen molar-refractivity contribution in [3.63, 3.8) is 0 Å². The van der Waals surface area contributed by atoms with E-state index in [1.54, 1.807) is 0 Å². The molecule has 2 rings (SSSR count). The van der Waals surface area contributed by atoms with Crippen LogP contribution in [0.15, 0.2) is 12.1 Å². The van der Waals surface area contributed by atoms with E-state index in [9.17, 15) is 0 Å². The lowest BCUT2D eigenvalue weighted by molar-refractivity contribution is 0.450. The van der Waals surface area contributed by atoms with Gasteiger partial charge in [-0.25, -0.2) is 0 Å². The molecule has 1 aromatic rings. The van der Waals surface area contributed by atoms with Gasteiger partial charge in [-0.05, 0) is 37.3 Å². The fraction of sp³-hybridized carbons (Fsp3) is 0.667. The van der Waals surface area contributed by atoms with Crippen LogP contribution in [0.1, 0.15) is 48.4 Å². The molecule has 78 valence electrons. The van der Waals surface area contributed by atoms with Gasteiger partial charge in [-0.1, -0.05) is 19.8 Å². The molecule has 2 N–H and O–H groups in total. The molecule has 0 amide bonds. The first-order valence-corrected chi connectivity index (χ1v) is 6.47. The maximum Gasteiger partial charge on any atom is 0.0418 e. The summed E-state index contributed by atoms with van der Waals surface area (Å²) < 4.78 is 0. The molecule has 0 bridgehead atoms. The minimum absolute atomic E-state index is 0.308. The van der Waals surface area contributed by atoms with E-state index in [0.717, 1.165) is 12.3 Å². The first kappa shape index (κ1) is 10.2. The van der Waals surface area contributed by atoms with Gasteiger partial charge in [0.25, 0.3) is 0 Å². The largest absolute Gasteiger partial charge is 0.323 e. The van der Waals surface area contributed by atoms with Crippen LogP contribution in [0.5, 0.6) is 0 Å². The van der Waals surface area contributed by atoms with Crippen LogP contribution in [-0.4, -0.2) is 0 Å². The van der Waals surface area contributed by atoms with Crippen LogP contribution < -0.4 is 5.73 Å². The zero-order valence-electron chi connectivity index (χ0n) is 8.83. The van der Waals surface area contributed by atoms with Gasteiger partial charge in [0.2, 0.25) is 0 Å². The number of thiophene rings is 1. The van der Waals surface area contributed by atoms with E-state index in [1.165, 1.54) is 35.4 Å². The van der Waals surface area contributed by atoms with Gasteiger partial charge in [-0.2, -0.15) is 0 Å². The molecule has 1 heterocycles. The highest BCUT2D eigenvalue weighted by molar-refractivity contribution is 7.12. The lowest BCUT2D eigenvalue weighted by atomic mass is 9.98. The Morgan fingerprint density at radius 1 is 1.43 bits per heavy atom. The van der Waals surface area contributed by atoms with Crippen LogP contribution in [0.4, 0.5) is 0 Å². The first-order valence-electron chi connectivity index (χ1n) is 5.65. The number of aryl methyl sites for hydroxylation is 1. The summed E-state index contributed by atoms with van der Waals surface area (Å²) in [6.07, 6.45) is 6.57. The van der Waals surface area contributed by atoms with Crippen molar-refractivity contribution < 1.29 is 0 Å². The van der Waals surface area contributed by atoms with Crippen LogP contribution in [0.2, 0.25) is 0 Å². The van der Waals surface area contributed by atoms with Crippen molar-refractivity contribution in [3.8, 4) is 0 Å². The predicted octanol–water partition coefficient (Wildman–Crippen LogP) is 3.50. The van der Waals surface area contributed by atoms with Gasteiger partial charge in [0, 0.05) is 15.8 Å². The van der Waals surface area contributed by atoms with Crippen molar-refractivity contribution in [1.82, 2.24) is 0 Å². The topological polar surface area (TPSA) is 26.0 Å². The second kappa shape index (κ2) is 4.45. The molecular formula is C12H19NS. The Morgan fingerprint density at radius 2 is 2.14 bits per heavy atom. The highest BCUT2D eigenvalue weighted by Gasteiger charge is 2.23. The highest BCUT2D eigenvalue weighted by Crippen LogP contribution is 2.36. The minimum atomic E-state index is 0.308. The first-order chi connectivity index (χ1) is 6.81. The van der Waals surface area contributed by atoms with Crippen molar-refractivity contribution in [2.45, 2.75) is 45.1 Å². The van der Waals surface area contributed by atoms with E-state index in [-0.39, 0.29) is 0 Å². The maximum absolute atomic E-state index is 6.28. The van der Waals surface area contributed by atoms with Crippen LogP contribution in [0, 0.1) is 5.92 Å². The Bertz CT molecular complexity index is 286. The van der Waals surface area contributed by atoms with Crippen molar-refractivity contribution in [2.75, 3.05) is 0 Å². The van der Waals surface area contributed by atoms with E-state index >= 15 is 0 Å². The summed E-state index contributed by atoms with van der Waals surface area (Å²) in [4.78, 5) is 2.86. The van der Waals surface area contributed by atoms with Gasteiger partial charge < -0.3 is 5.73 Å². The van der Waals surface area contributed by atoms with Gasteiger partial charge in [0.15, 0.2) is 0 Å². The zero-order valence-corrected chi connectivity index (χ0v) is 9.65. The van der Waals surface area contributed by atoms with Crippen LogP contribution in [0.3, 0.4) is 0 Å². The Balaban J connectivity index is 2.05. The number of hydrogen-bond acceptors (Lipinski definition) is 2. The van der Waals surface area contributed by atoms with Gasteiger partial charge in [-0.15, -0.1) is 11.3 Å². The average Bonchev–Trinajstić information content (AvgIpc) is 2.88. The fourth-order valence-electron chi connectivity index (χ4n) is 2.31. The van der Waals surface area contributed by atoms with Crippen LogP contribution in [-0.2, 0) is 6.42 Å². The molecule has 1 aliphatic rings. The van der Waals surface area contributed by atoms with E-state index in [1.807, 2.05) is 11.3 Å². The molecule has 2 heteroatoms. The Hall–Kier alpha value is -0.340. The fourth-order valence-corrected chi connectivity index (χ4v) is 3.36. The third-order valence-electron chi connectivity index (χ3n) is 3.27. The molecule has 1 atom stereocenters. The highest BCUT2D eigenvalue weighted by atomic mass is 32.1. The maximum atomic E-state index is 6.28. The third-order valence-corrected chi connectivity index (χ3v) is 4.60. The van der Waals surface area contributed by atoms with Crippen molar-refractivity contribution >= 4 is 11.3 Å². The van der Waals surface area contributed by atoms with Gasteiger partial charge in [0.05, 0.1) is 0 Å². The Kier molecular flexibility index (Phi) is 3.24. The lowest BCUT2D eigenvalue weighted by Gasteiger charge is -2.16. The van der Waals surface area contributed by atoms with Crippen molar-refractivity contribution in [3.05, 3.63) is 21.9 Å². The second-order valence-corrected chi connectivity index (χ2v) is 5.43. The average molecular weight is 209 g/mol. The second-order valence-electron chi connectivity index (χ2n) is 4.23. The van der Waals surface area contributed by atoms with Gasteiger partial charge in [0.1, 0.15) is 0 Å². The summed E-state index contributed by atoms with van der Waals surface area (Å²) in [6, 6.07) is 4.77. The number of rotatable bonds is 3. The van der Waals surface area contributed by atoms with Gasteiger partial charge in [-0.3, -0.25) is 0 Å². The molecule has 0 saturated heterocycles. The third kappa shape index (κ3) is 2.01. The number of nitrogens with two attached hydrogens (primary N) is 1. The van der Waals surface area contributed by atoms with Crippen molar-refractivity contribution in [1.29, 1.82) is 0 Å². The summed E-state index contributed by atoms with van der Waals surface area (Å²) in [7, 11) is 0. The van der Waals surface area contributed by atoms with E-state index in [0.29, 0.717) is 6.04 Å². The quantitative estimate of drug-likeness (QED) is 0.810. The van der Waals surface area contributed by atoms with E-state index in [4.69, 9.17) is 5.73 Å². The van der Waals surface area contributed by atoms with Crippen LogP contribution >= 0.6 is 11.3 Å².